The molecule has 2 aromatic carbocycles. The van der Waals surface area contributed by atoms with Gasteiger partial charge in [0.15, 0.2) is 0 Å². The highest BCUT2D eigenvalue weighted by Gasteiger charge is 2.09. The number of halogens is 2. The van der Waals surface area contributed by atoms with Gasteiger partial charge < -0.3 is 5.32 Å². The van der Waals surface area contributed by atoms with E-state index in [1.165, 1.54) is 6.20 Å². The zero-order valence-corrected chi connectivity index (χ0v) is 13.5. The highest BCUT2D eigenvalue weighted by Crippen LogP contribution is 2.25. The Labute approximate surface area is 143 Å². The average Bonchev–Trinajstić information content (AvgIpc) is 2.55. The average molecular weight is 343 g/mol. The van der Waals surface area contributed by atoms with E-state index in [0.29, 0.717) is 21.3 Å². The molecule has 0 saturated carbocycles. The number of hydrogen-bond donors (Lipinski definition) is 1. The summed E-state index contributed by atoms with van der Waals surface area (Å²) in [7, 11) is 0. The predicted molar refractivity (Wildman–Crippen MR) is 94.1 cm³/mol. The molecule has 114 valence electrons. The van der Waals surface area contributed by atoms with Gasteiger partial charge in [-0.3, -0.25) is 9.78 Å². The summed E-state index contributed by atoms with van der Waals surface area (Å²) >= 11 is 12.1. The molecule has 0 radical (unpaired) electrons. The van der Waals surface area contributed by atoms with Crippen LogP contribution in [0, 0.1) is 0 Å². The minimum Gasteiger partial charge on any atom is -0.322 e. The van der Waals surface area contributed by atoms with Crippen molar-refractivity contribution in [2.75, 3.05) is 5.32 Å². The molecule has 3 nitrogen and oxygen atoms in total. The summed E-state index contributed by atoms with van der Waals surface area (Å²) in [5, 5.41) is 3.97. The van der Waals surface area contributed by atoms with Crippen LogP contribution in [-0.2, 0) is 0 Å². The maximum absolute atomic E-state index is 12.2. The predicted octanol–water partition coefficient (Wildman–Crippen LogP) is 5.31. The maximum atomic E-state index is 12.2. The first-order valence-electron chi connectivity index (χ1n) is 6.91. The minimum absolute atomic E-state index is 0.245. The molecule has 5 heteroatoms. The second kappa shape index (κ2) is 6.82. The van der Waals surface area contributed by atoms with Gasteiger partial charge in [-0.15, -0.1) is 0 Å². The van der Waals surface area contributed by atoms with Crippen LogP contribution in [0.4, 0.5) is 5.69 Å². The van der Waals surface area contributed by atoms with E-state index < -0.39 is 0 Å². The molecule has 3 aromatic rings. The van der Waals surface area contributed by atoms with Crippen molar-refractivity contribution in [1.29, 1.82) is 0 Å². The zero-order valence-electron chi connectivity index (χ0n) is 12.0. The maximum Gasteiger partial charge on any atom is 0.257 e. The Hall–Kier alpha value is -2.36. The number of anilines is 1. The molecule has 0 aliphatic carbocycles. The molecule has 1 aromatic heterocycles. The van der Waals surface area contributed by atoms with Gasteiger partial charge in [0.2, 0.25) is 0 Å². The second-order valence-corrected chi connectivity index (χ2v) is 5.72. The summed E-state index contributed by atoms with van der Waals surface area (Å²) in [6.45, 7) is 0. The summed E-state index contributed by atoms with van der Waals surface area (Å²) in [6, 6.07) is 17.9. The summed E-state index contributed by atoms with van der Waals surface area (Å²) in [5.74, 6) is -0.245. The number of carbonyl (C=O) groups is 1. The third-order valence-electron chi connectivity index (χ3n) is 3.26. The molecule has 1 amide bonds. The molecule has 0 unspecified atom stereocenters. The first kappa shape index (κ1) is 15.5. The SMILES string of the molecule is O=C(Nc1cccc(Cl)c1)c1ccc(-c2ccccc2Cl)nc1. The molecule has 3 rings (SSSR count). The van der Waals surface area contributed by atoms with E-state index in [-0.39, 0.29) is 5.91 Å². The first-order valence-corrected chi connectivity index (χ1v) is 7.67. The Balaban J connectivity index is 1.79. The third-order valence-corrected chi connectivity index (χ3v) is 3.82. The molecule has 0 aliphatic rings. The number of rotatable bonds is 3. The lowest BCUT2D eigenvalue weighted by Gasteiger charge is -2.07. The van der Waals surface area contributed by atoms with Crippen molar-refractivity contribution in [1.82, 2.24) is 4.98 Å². The lowest BCUT2D eigenvalue weighted by atomic mass is 10.1. The summed E-state index contributed by atoms with van der Waals surface area (Å²) in [6.07, 6.45) is 1.53. The van der Waals surface area contributed by atoms with E-state index in [1.807, 2.05) is 18.2 Å². The number of pyridine rings is 1. The molecule has 0 fully saturated rings. The Morgan fingerprint density at radius 1 is 0.957 bits per heavy atom. The molecular weight excluding hydrogens is 331 g/mol. The van der Waals surface area contributed by atoms with E-state index >= 15 is 0 Å². The van der Waals surface area contributed by atoms with Crippen LogP contribution in [0.5, 0.6) is 0 Å². The zero-order chi connectivity index (χ0) is 16.2. The van der Waals surface area contributed by atoms with E-state index in [0.717, 1.165) is 11.3 Å². The normalized spacial score (nSPS) is 10.3. The second-order valence-electron chi connectivity index (χ2n) is 4.88. The van der Waals surface area contributed by atoms with Crippen molar-refractivity contribution in [2.24, 2.45) is 0 Å². The van der Waals surface area contributed by atoms with Crippen LogP contribution < -0.4 is 5.32 Å². The fourth-order valence-corrected chi connectivity index (χ4v) is 2.55. The van der Waals surface area contributed by atoms with Crippen molar-refractivity contribution < 1.29 is 4.79 Å². The van der Waals surface area contributed by atoms with Crippen LogP contribution in [0.3, 0.4) is 0 Å². The van der Waals surface area contributed by atoms with E-state index in [2.05, 4.69) is 10.3 Å². The molecular formula is C18H12Cl2N2O. The number of nitrogens with zero attached hydrogens (tertiary/aromatic N) is 1. The van der Waals surface area contributed by atoms with Crippen LogP contribution in [-0.4, -0.2) is 10.9 Å². The van der Waals surface area contributed by atoms with Crippen molar-refractivity contribution in [3.63, 3.8) is 0 Å². The fraction of sp³-hybridized carbons (Fsp3) is 0. The van der Waals surface area contributed by atoms with Crippen molar-refractivity contribution in [3.8, 4) is 11.3 Å². The molecule has 0 spiro atoms. The van der Waals surface area contributed by atoms with Gasteiger partial charge in [-0.25, -0.2) is 0 Å². The third kappa shape index (κ3) is 3.70. The smallest absolute Gasteiger partial charge is 0.257 e. The van der Waals surface area contributed by atoms with Gasteiger partial charge >= 0.3 is 0 Å². The number of benzene rings is 2. The first-order chi connectivity index (χ1) is 11.1. The lowest BCUT2D eigenvalue weighted by Crippen LogP contribution is -2.12. The molecule has 0 saturated heterocycles. The molecule has 0 aliphatic heterocycles. The summed E-state index contributed by atoms with van der Waals surface area (Å²) in [5.41, 5.74) is 2.64. The summed E-state index contributed by atoms with van der Waals surface area (Å²) in [4.78, 5) is 16.5. The van der Waals surface area contributed by atoms with Gasteiger partial charge in [0.05, 0.1) is 11.3 Å². The van der Waals surface area contributed by atoms with Crippen molar-refractivity contribution in [3.05, 3.63) is 82.5 Å². The molecule has 23 heavy (non-hydrogen) atoms. The van der Waals surface area contributed by atoms with Crippen LogP contribution in [0.25, 0.3) is 11.3 Å². The van der Waals surface area contributed by atoms with Gasteiger partial charge in [-0.05, 0) is 36.4 Å². The van der Waals surface area contributed by atoms with Gasteiger partial charge in [0, 0.05) is 27.5 Å². The number of hydrogen-bond acceptors (Lipinski definition) is 2. The van der Waals surface area contributed by atoms with E-state index in [1.54, 1.807) is 42.5 Å². The molecule has 0 bridgehead atoms. The standard InChI is InChI=1S/C18H12Cl2N2O/c19-13-4-3-5-14(10-13)22-18(23)12-8-9-17(21-11-12)15-6-1-2-7-16(15)20/h1-11H,(H,22,23). The van der Waals surface area contributed by atoms with Crippen molar-refractivity contribution in [2.45, 2.75) is 0 Å². The van der Waals surface area contributed by atoms with Crippen LogP contribution in [0.1, 0.15) is 10.4 Å². The fourth-order valence-electron chi connectivity index (χ4n) is 2.13. The lowest BCUT2D eigenvalue weighted by molar-refractivity contribution is 0.102. The highest BCUT2D eigenvalue weighted by molar-refractivity contribution is 6.33. The monoisotopic (exact) mass is 342 g/mol. The minimum atomic E-state index is -0.245. The molecule has 0 atom stereocenters. The highest BCUT2D eigenvalue weighted by atomic mass is 35.5. The van der Waals surface area contributed by atoms with Gasteiger partial charge in [0.1, 0.15) is 0 Å². The van der Waals surface area contributed by atoms with E-state index in [4.69, 9.17) is 23.2 Å². The van der Waals surface area contributed by atoms with Crippen LogP contribution in [0.2, 0.25) is 10.0 Å². The topological polar surface area (TPSA) is 42.0 Å². The van der Waals surface area contributed by atoms with Gasteiger partial charge in [-0.1, -0.05) is 47.5 Å². The Bertz CT molecular complexity index is 848. The largest absolute Gasteiger partial charge is 0.322 e. The number of carbonyl (C=O) groups excluding carboxylic acids is 1. The van der Waals surface area contributed by atoms with E-state index in [9.17, 15) is 4.79 Å². The molecule has 1 N–H and O–H groups in total. The number of nitrogens with one attached hydrogen (secondary N) is 1. The van der Waals surface area contributed by atoms with Crippen molar-refractivity contribution >= 4 is 34.8 Å². The Morgan fingerprint density at radius 3 is 2.48 bits per heavy atom. The molecule has 1 heterocycles. The van der Waals surface area contributed by atoms with Crippen LogP contribution >= 0.6 is 23.2 Å². The quantitative estimate of drug-likeness (QED) is 0.700. The van der Waals surface area contributed by atoms with Gasteiger partial charge in [0.25, 0.3) is 5.91 Å². The van der Waals surface area contributed by atoms with Crippen LogP contribution in [0.15, 0.2) is 66.9 Å². The summed E-state index contributed by atoms with van der Waals surface area (Å²) < 4.78 is 0. The Morgan fingerprint density at radius 2 is 1.78 bits per heavy atom. The number of amides is 1. The number of aromatic nitrogens is 1. The Kier molecular flexibility index (Phi) is 4.60. The van der Waals surface area contributed by atoms with Gasteiger partial charge in [-0.2, -0.15) is 0 Å².